The smallest absolute Gasteiger partial charge is 0.153 e. The van der Waals surface area contributed by atoms with E-state index in [9.17, 15) is 10.2 Å². The molecular formula is C24H33NO4. The predicted molar refractivity (Wildman–Crippen MR) is 111 cm³/mol. The number of nitrogens with two attached hydrogens (primary N) is 1. The van der Waals surface area contributed by atoms with E-state index in [1.165, 1.54) is 0 Å². The predicted octanol–water partition coefficient (Wildman–Crippen LogP) is 3.95. The van der Waals surface area contributed by atoms with E-state index in [1.54, 1.807) is 6.92 Å². The maximum atomic E-state index is 10.4. The van der Waals surface area contributed by atoms with Crippen molar-refractivity contribution in [1.29, 1.82) is 0 Å². The number of hydrogen-bond donors (Lipinski definition) is 3. The minimum atomic E-state index is -0.961. The van der Waals surface area contributed by atoms with Gasteiger partial charge in [0.25, 0.3) is 0 Å². The van der Waals surface area contributed by atoms with Crippen LogP contribution >= 0.6 is 0 Å². The van der Waals surface area contributed by atoms with E-state index in [1.807, 2.05) is 18.2 Å². The highest BCUT2D eigenvalue weighted by Crippen LogP contribution is 2.54. The Kier molecular flexibility index (Phi) is 5.87. The molecular weight excluding hydrogens is 366 g/mol. The van der Waals surface area contributed by atoms with Crippen molar-refractivity contribution in [3.8, 4) is 0 Å². The first-order chi connectivity index (χ1) is 13.9. The minimum Gasteiger partial charge on any atom is -0.466 e. The fourth-order valence-corrected chi connectivity index (χ4v) is 5.21. The minimum absolute atomic E-state index is 0.229. The number of ether oxygens (including phenoxy) is 2. The number of hydrogen-bond acceptors (Lipinski definition) is 5. The third-order valence-electron chi connectivity index (χ3n) is 6.60. The lowest BCUT2D eigenvalue weighted by atomic mass is 9.68. The molecule has 158 valence electrons. The molecule has 0 spiro atoms. The van der Waals surface area contributed by atoms with E-state index < -0.39 is 18.1 Å². The van der Waals surface area contributed by atoms with Gasteiger partial charge >= 0.3 is 0 Å². The molecule has 0 saturated carbocycles. The van der Waals surface area contributed by atoms with Crippen molar-refractivity contribution in [1.82, 2.24) is 0 Å². The summed E-state index contributed by atoms with van der Waals surface area (Å²) in [5, 5.41) is 20.5. The zero-order valence-electron chi connectivity index (χ0n) is 17.5. The molecule has 4 rings (SSSR count). The summed E-state index contributed by atoms with van der Waals surface area (Å²) in [5.41, 5.74) is 11.4. The highest BCUT2D eigenvalue weighted by molar-refractivity contribution is 5.55. The molecule has 0 aromatic rings. The molecule has 1 aliphatic heterocycles. The molecule has 0 fully saturated rings. The Morgan fingerprint density at radius 2 is 1.97 bits per heavy atom. The lowest BCUT2D eigenvalue weighted by molar-refractivity contribution is -0.139. The van der Waals surface area contributed by atoms with Crippen molar-refractivity contribution >= 4 is 0 Å². The lowest BCUT2D eigenvalue weighted by Gasteiger charge is -2.48. The summed E-state index contributed by atoms with van der Waals surface area (Å²) in [6, 6.07) is 0. The first-order valence-electron chi connectivity index (χ1n) is 11.0. The van der Waals surface area contributed by atoms with Gasteiger partial charge in [0.15, 0.2) is 6.29 Å². The first-order valence-corrected chi connectivity index (χ1v) is 11.0. The molecule has 1 heterocycles. The molecule has 0 aromatic carbocycles. The largest absolute Gasteiger partial charge is 0.466 e. The van der Waals surface area contributed by atoms with Crippen molar-refractivity contribution in [2.75, 3.05) is 0 Å². The Bertz CT molecular complexity index is 813. The summed E-state index contributed by atoms with van der Waals surface area (Å²) >= 11 is 0. The highest BCUT2D eigenvalue weighted by atomic mass is 16.6. The van der Waals surface area contributed by atoms with Crippen LogP contribution in [-0.2, 0) is 9.47 Å². The number of rotatable bonds is 4. The fraction of sp³-hybridized carbons (Fsp3) is 0.625. The number of aliphatic hydroxyl groups is 2. The van der Waals surface area contributed by atoms with Crippen LogP contribution in [0.4, 0.5) is 0 Å². The van der Waals surface area contributed by atoms with E-state index in [2.05, 4.69) is 12.7 Å². The average Bonchev–Trinajstić information content (AvgIpc) is 2.94. The Labute approximate surface area is 173 Å². The number of aliphatic hydroxyl groups excluding tert-OH is 2. The zero-order chi connectivity index (χ0) is 20.6. The van der Waals surface area contributed by atoms with Gasteiger partial charge in [0.2, 0.25) is 0 Å². The van der Waals surface area contributed by atoms with Crippen molar-refractivity contribution in [2.45, 2.75) is 83.3 Å². The molecule has 5 atom stereocenters. The van der Waals surface area contributed by atoms with E-state index in [4.69, 9.17) is 15.2 Å². The summed E-state index contributed by atoms with van der Waals surface area (Å²) < 4.78 is 12.9. The molecule has 0 saturated heterocycles. The Morgan fingerprint density at radius 1 is 1.21 bits per heavy atom. The van der Waals surface area contributed by atoms with Crippen LogP contribution in [0.2, 0.25) is 0 Å². The van der Waals surface area contributed by atoms with E-state index >= 15 is 0 Å². The van der Waals surface area contributed by atoms with E-state index in [0.29, 0.717) is 12.3 Å². The van der Waals surface area contributed by atoms with Crippen LogP contribution in [0.1, 0.15) is 65.2 Å². The Balaban J connectivity index is 1.95. The standard InChI is InChI=1S/C24H33NO4/c1-15-11-12-20-22(13-15)28-21-10-6-5-9-19(21)24(20,29-16(2)26)18-8-4-3-7-17(14-18)23(25)27/h3,8,14-17,23,26-27H,5-7,9-13,25H2,1-2H3. The van der Waals surface area contributed by atoms with Crippen LogP contribution in [0, 0.1) is 11.8 Å². The van der Waals surface area contributed by atoms with Gasteiger partial charge in [-0.15, -0.1) is 5.73 Å². The first kappa shape index (κ1) is 20.6. The van der Waals surface area contributed by atoms with Crippen LogP contribution in [0.15, 0.2) is 52.2 Å². The summed E-state index contributed by atoms with van der Waals surface area (Å²) in [4.78, 5) is 0. The van der Waals surface area contributed by atoms with Gasteiger partial charge in [-0.1, -0.05) is 13.0 Å². The van der Waals surface area contributed by atoms with Gasteiger partial charge in [-0.3, -0.25) is 0 Å². The van der Waals surface area contributed by atoms with Gasteiger partial charge in [0.05, 0.1) is 0 Å². The molecule has 0 aromatic heterocycles. The molecule has 5 nitrogen and oxygen atoms in total. The van der Waals surface area contributed by atoms with Crippen molar-refractivity contribution in [3.63, 3.8) is 0 Å². The van der Waals surface area contributed by atoms with Gasteiger partial charge in [-0.2, -0.15) is 0 Å². The molecule has 4 aliphatic rings. The maximum Gasteiger partial charge on any atom is 0.153 e. The maximum absolute atomic E-state index is 10.4. The van der Waals surface area contributed by atoms with Crippen LogP contribution in [0.5, 0.6) is 0 Å². The second-order valence-electron chi connectivity index (χ2n) is 8.89. The molecule has 29 heavy (non-hydrogen) atoms. The van der Waals surface area contributed by atoms with Crippen LogP contribution in [0.3, 0.4) is 0 Å². The molecule has 5 unspecified atom stereocenters. The SMILES string of the molecule is CC1CCC2=C(C1)OC1=C(CCCC1)C2(OC(C)O)C1=CC(C(N)O)CC=C=C1. The third kappa shape index (κ3) is 3.78. The van der Waals surface area contributed by atoms with E-state index in [-0.39, 0.29) is 5.92 Å². The second kappa shape index (κ2) is 8.25. The second-order valence-corrected chi connectivity index (χ2v) is 8.89. The normalized spacial score (nSPS) is 34.0. The molecule has 0 amide bonds. The van der Waals surface area contributed by atoms with Gasteiger partial charge in [-0.05, 0) is 69.1 Å². The summed E-state index contributed by atoms with van der Waals surface area (Å²) in [7, 11) is 0. The molecule has 4 N–H and O–H groups in total. The molecule has 5 heteroatoms. The van der Waals surface area contributed by atoms with Crippen LogP contribution in [-0.4, -0.2) is 28.3 Å². The van der Waals surface area contributed by atoms with Gasteiger partial charge in [0.1, 0.15) is 23.3 Å². The van der Waals surface area contributed by atoms with Gasteiger partial charge in [0, 0.05) is 29.9 Å². The van der Waals surface area contributed by atoms with E-state index in [0.717, 1.165) is 73.2 Å². The van der Waals surface area contributed by atoms with Crippen molar-refractivity contribution in [2.24, 2.45) is 17.6 Å². The quantitative estimate of drug-likeness (QED) is 0.492. The van der Waals surface area contributed by atoms with Gasteiger partial charge in [-0.25, -0.2) is 0 Å². The lowest BCUT2D eigenvalue weighted by Crippen LogP contribution is -2.47. The van der Waals surface area contributed by atoms with Crippen LogP contribution in [0.25, 0.3) is 0 Å². The third-order valence-corrected chi connectivity index (χ3v) is 6.60. The summed E-state index contributed by atoms with van der Waals surface area (Å²) in [6.45, 7) is 3.92. The monoisotopic (exact) mass is 399 g/mol. The highest BCUT2D eigenvalue weighted by Gasteiger charge is 2.51. The summed E-state index contributed by atoms with van der Waals surface area (Å²) in [5.74, 6) is 2.32. The van der Waals surface area contributed by atoms with Crippen molar-refractivity contribution in [3.05, 3.63) is 52.2 Å². The topological polar surface area (TPSA) is 84.9 Å². The average molecular weight is 400 g/mol. The van der Waals surface area contributed by atoms with Crippen LogP contribution < -0.4 is 5.73 Å². The number of allylic oxidation sites excluding steroid dienone is 2. The van der Waals surface area contributed by atoms with Crippen molar-refractivity contribution < 1.29 is 19.7 Å². The fourth-order valence-electron chi connectivity index (χ4n) is 5.21. The Hall–Kier alpha value is -1.62. The van der Waals surface area contributed by atoms with Gasteiger partial charge < -0.3 is 25.4 Å². The molecule has 0 bridgehead atoms. The molecule has 0 radical (unpaired) electrons. The Morgan fingerprint density at radius 3 is 2.72 bits per heavy atom. The zero-order valence-corrected chi connectivity index (χ0v) is 17.5. The summed E-state index contributed by atoms with van der Waals surface area (Å²) in [6.07, 6.45) is 11.3. The molecule has 3 aliphatic carbocycles.